The van der Waals surface area contributed by atoms with Gasteiger partial charge in [-0.05, 0) is 12.8 Å². The molecule has 0 bridgehead atoms. The number of rotatable bonds is 2. The average molecular weight is 257 g/mol. The zero-order chi connectivity index (χ0) is 12.2. The maximum Gasteiger partial charge on any atom is 0.0963 e. The predicted octanol–water partition coefficient (Wildman–Crippen LogP) is 5.25. The highest BCUT2D eigenvalue weighted by Crippen LogP contribution is 2.34. The fraction of sp³-hybridized carbons (Fsp3) is 0.438. The van der Waals surface area contributed by atoms with E-state index < -0.39 is 0 Å². The number of thiazole rings is 1. The first-order valence-electron chi connectivity index (χ1n) is 6.94. The molecule has 0 unspecified atom stereocenters. The van der Waals surface area contributed by atoms with E-state index >= 15 is 0 Å². The Hall–Kier alpha value is -1.15. The molecule has 1 aromatic carbocycles. The molecule has 1 fully saturated rings. The van der Waals surface area contributed by atoms with Crippen LogP contribution in [0, 0.1) is 0 Å². The van der Waals surface area contributed by atoms with Crippen LogP contribution in [0.4, 0.5) is 0 Å². The topological polar surface area (TPSA) is 12.9 Å². The van der Waals surface area contributed by atoms with Crippen LogP contribution in [0.3, 0.4) is 0 Å². The Bertz CT molecular complexity index is 481. The van der Waals surface area contributed by atoms with Crippen molar-refractivity contribution in [3.8, 4) is 11.3 Å². The Morgan fingerprint density at radius 3 is 2.39 bits per heavy atom. The summed E-state index contributed by atoms with van der Waals surface area (Å²) in [6.45, 7) is 0. The number of hydrogen-bond acceptors (Lipinski definition) is 2. The Balaban J connectivity index is 1.80. The highest BCUT2D eigenvalue weighted by atomic mass is 32.1. The van der Waals surface area contributed by atoms with E-state index in [9.17, 15) is 0 Å². The number of benzene rings is 1. The summed E-state index contributed by atoms with van der Waals surface area (Å²) in [5.41, 5.74) is 2.40. The van der Waals surface area contributed by atoms with Gasteiger partial charge in [0.1, 0.15) is 0 Å². The van der Waals surface area contributed by atoms with E-state index in [2.05, 4.69) is 35.7 Å². The molecule has 0 saturated heterocycles. The van der Waals surface area contributed by atoms with Crippen LogP contribution in [0.1, 0.15) is 49.5 Å². The third-order valence-electron chi connectivity index (χ3n) is 3.80. The van der Waals surface area contributed by atoms with Crippen LogP contribution in [0.25, 0.3) is 11.3 Å². The molecule has 94 valence electrons. The van der Waals surface area contributed by atoms with Crippen molar-refractivity contribution in [3.63, 3.8) is 0 Å². The van der Waals surface area contributed by atoms with Crippen LogP contribution < -0.4 is 0 Å². The molecule has 0 atom stereocenters. The Kier molecular flexibility index (Phi) is 3.75. The first-order chi connectivity index (χ1) is 8.93. The fourth-order valence-corrected chi connectivity index (χ4v) is 3.74. The van der Waals surface area contributed by atoms with Crippen LogP contribution in [0.15, 0.2) is 35.7 Å². The quantitative estimate of drug-likeness (QED) is 0.670. The summed E-state index contributed by atoms with van der Waals surface area (Å²) >= 11 is 1.85. The van der Waals surface area contributed by atoms with Crippen molar-refractivity contribution in [2.75, 3.05) is 0 Å². The molecule has 2 aromatic rings. The molecule has 0 spiro atoms. The van der Waals surface area contributed by atoms with Gasteiger partial charge in [-0.15, -0.1) is 11.3 Å². The summed E-state index contributed by atoms with van der Waals surface area (Å²) < 4.78 is 0. The summed E-state index contributed by atoms with van der Waals surface area (Å²) in [6, 6.07) is 10.5. The second-order valence-corrected chi connectivity index (χ2v) is 6.02. The number of aromatic nitrogens is 1. The van der Waals surface area contributed by atoms with Gasteiger partial charge in [0.25, 0.3) is 0 Å². The molecule has 1 aliphatic rings. The lowest BCUT2D eigenvalue weighted by molar-refractivity contribution is 0.589. The minimum atomic E-state index is 0.718. The second-order valence-electron chi connectivity index (χ2n) is 5.13. The Morgan fingerprint density at radius 2 is 1.67 bits per heavy atom. The molecule has 2 heteroatoms. The molecule has 1 saturated carbocycles. The Labute approximate surface area is 113 Å². The van der Waals surface area contributed by atoms with Crippen molar-refractivity contribution in [1.82, 2.24) is 4.98 Å². The molecule has 1 aromatic heterocycles. The third-order valence-corrected chi connectivity index (χ3v) is 4.80. The fourth-order valence-electron chi connectivity index (χ4n) is 2.74. The van der Waals surface area contributed by atoms with Gasteiger partial charge >= 0.3 is 0 Å². The van der Waals surface area contributed by atoms with Crippen molar-refractivity contribution in [1.29, 1.82) is 0 Å². The van der Waals surface area contributed by atoms with Gasteiger partial charge in [0.2, 0.25) is 0 Å². The lowest BCUT2D eigenvalue weighted by Gasteiger charge is -2.09. The highest BCUT2D eigenvalue weighted by molar-refractivity contribution is 7.10. The van der Waals surface area contributed by atoms with Gasteiger partial charge in [0.15, 0.2) is 0 Å². The van der Waals surface area contributed by atoms with E-state index in [1.807, 2.05) is 11.3 Å². The van der Waals surface area contributed by atoms with Gasteiger partial charge in [-0.2, -0.15) is 0 Å². The predicted molar refractivity (Wildman–Crippen MR) is 78.0 cm³/mol. The molecule has 1 nitrogen and oxygen atoms in total. The van der Waals surface area contributed by atoms with Crippen LogP contribution in [-0.2, 0) is 0 Å². The number of hydrogen-bond donors (Lipinski definition) is 0. The van der Waals surface area contributed by atoms with Gasteiger partial charge in [-0.1, -0.05) is 56.0 Å². The molecule has 1 heterocycles. The maximum atomic E-state index is 4.86. The Morgan fingerprint density at radius 1 is 0.944 bits per heavy atom. The van der Waals surface area contributed by atoms with Crippen molar-refractivity contribution in [2.45, 2.75) is 44.4 Å². The van der Waals surface area contributed by atoms with Crippen molar-refractivity contribution in [2.24, 2.45) is 0 Å². The minimum Gasteiger partial charge on any atom is -0.241 e. The van der Waals surface area contributed by atoms with Crippen LogP contribution in [0.2, 0.25) is 0 Å². The molecular formula is C16H19NS. The maximum absolute atomic E-state index is 4.86. The SMILES string of the molecule is c1ccc(-c2csc(C3CCCCCC3)n2)cc1. The van der Waals surface area contributed by atoms with Gasteiger partial charge in [-0.25, -0.2) is 4.98 Å². The second kappa shape index (κ2) is 5.66. The summed E-state index contributed by atoms with van der Waals surface area (Å²) in [6.07, 6.45) is 8.25. The van der Waals surface area contributed by atoms with E-state index in [0.29, 0.717) is 0 Å². The molecule has 0 aliphatic heterocycles. The van der Waals surface area contributed by atoms with Crippen molar-refractivity contribution >= 4 is 11.3 Å². The normalized spacial score (nSPS) is 17.6. The van der Waals surface area contributed by atoms with E-state index in [4.69, 9.17) is 4.98 Å². The summed E-state index contributed by atoms with van der Waals surface area (Å²) in [5.74, 6) is 0.718. The van der Waals surface area contributed by atoms with Crippen molar-refractivity contribution in [3.05, 3.63) is 40.7 Å². The van der Waals surface area contributed by atoms with E-state index in [1.165, 1.54) is 49.1 Å². The van der Waals surface area contributed by atoms with Gasteiger partial charge in [0.05, 0.1) is 10.7 Å². The molecule has 0 radical (unpaired) electrons. The van der Waals surface area contributed by atoms with E-state index in [0.717, 1.165) is 11.6 Å². The standard InChI is InChI=1S/C16H19NS/c1-2-5-11-14(10-4-1)16-17-15(12-18-16)13-8-6-3-7-9-13/h3,6-9,12,14H,1-2,4-5,10-11H2. The lowest BCUT2D eigenvalue weighted by atomic mass is 10.0. The molecule has 18 heavy (non-hydrogen) atoms. The molecule has 1 aliphatic carbocycles. The van der Waals surface area contributed by atoms with Gasteiger partial charge in [-0.3, -0.25) is 0 Å². The molecule has 0 N–H and O–H groups in total. The largest absolute Gasteiger partial charge is 0.241 e. The first kappa shape index (κ1) is 11.9. The third kappa shape index (κ3) is 2.64. The lowest BCUT2D eigenvalue weighted by Crippen LogP contribution is -1.96. The average Bonchev–Trinajstić information content (AvgIpc) is 2.76. The molecule has 3 rings (SSSR count). The van der Waals surface area contributed by atoms with Crippen LogP contribution in [-0.4, -0.2) is 4.98 Å². The monoisotopic (exact) mass is 257 g/mol. The molecular weight excluding hydrogens is 238 g/mol. The van der Waals surface area contributed by atoms with E-state index in [1.54, 1.807) is 0 Å². The van der Waals surface area contributed by atoms with Gasteiger partial charge < -0.3 is 0 Å². The number of nitrogens with zero attached hydrogens (tertiary/aromatic N) is 1. The first-order valence-corrected chi connectivity index (χ1v) is 7.82. The van der Waals surface area contributed by atoms with Crippen LogP contribution in [0.5, 0.6) is 0 Å². The smallest absolute Gasteiger partial charge is 0.0963 e. The highest BCUT2D eigenvalue weighted by Gasteiger charge is 2.17. The summed E-state index contributed by atoms with van der Waals surface area (Å²) in [4.78, 5) is 4.86. The minimum absolute atomic E-state index is 0.718. The zero-order valence-electron chi connectivity index (χ0n) is 10.6. The van der Waals surface area contributed by atoms with Gasteiger partial charge in [0, 0.05) is 16.9 Å². The summed E-state index contributed by atoms with van der Waals surface area (Å²) in [5, 5.41) is 3.57. The van der Waals surface area contributed by atoms with E-state index in [-0.39, 0.29) is 0 Å². The zero-order valence-corrected chi connectivity index (χ0v) is 11.5. The molecule has 0 amide bonds. The summed E-state index contributed by atoms with van der Waals surface area (Å²) in [7, 11) is 0. The van der Waals surface area contributed by atoms with Crippen molar-refractivity contribution < 1.29 is 0 Å². The van der Waals surface area contributed by atoms with Crippen LogP contribution >= 0.6 is 11.3 Å².